The van der Waals surface area contributed by atoms with Gasteiger partial charge in [0.05, 0.1) is 25.3 Å². The molecule has 3 N–H and O–H groups in total. The molecule has 4 rings (SSSR count). The summed E-state index contributed by atoms with van der Waals surface area (Å²) in [6.07, 6.45) is 0.0375. The summed E-state index contributed by atoms with van der Waals surface area (Å²) in [5, 5.41) is 21.8. The minimum atomic E-state index is -0.719. The van der Waals surface area contributed by atoms with Crippen molar-refractivity contribution in [2.75, 3.05) is 44.3 Å². The van der Waals surface area contributed by atoms with Crippen molar-refractivity contribution in [2.45, 2.75) is 33.2 Å². The summed E-state index contributed by atoms with van der Waals surface area (Å²) in [4.78, 5) is 22.9. The summed E-state index contributed by atoms with van der Waals surface area (Å²) in [5.41, 5.74) is 3.56. The first-order chi connectivity index (χ1) is 16.8. The molecule has 0 radical (unpaired) electrons. The Hall–Kier alpha value is -2.59. The Labute approximate surface area is 215 Å². The molecule has 1 atom stereocenters. The number of amides is 1. The zero-order valence-corrected chi connectivity index (χ0v) is 21.9. The van der Waals surface area contributed by atoms with Gasteiger partial charge in [-0.25, -0.2) is 0 Å². The molecule has 3 heterocycles. The smallest absolute Gasteiger partial charge is 0.222 e. The highest BCUT2D eigenvalue weighted by Gasteiger charge is 2.34. The zero-order chi connectivity index (χ0) is 25.1. The number of aryl methyl sites for hydroxylation is 1. The molecule has 186 valence electrons. The van der Waals surface area contributed by atoms with E-state index < -0.39 is 6.04 Å². The van der Waals surface area contributed by atoms with Gasteiger partial charge in [-0.2, -0.15) is 0 Å². The molecule has 2 aliphatic heterocycles. The summed E-state index contributed by atoms with van der Waals surface area (Å²) < 4.78 is 5.37. The first-order valence-electron chi connectivity index (χ1n) is 11.7. The van der Waals surface area contributed by atoms with E-state index in [4.69, 9.17) is 32.1 Å². The van der Waals surface area contributed by atoms with Crippen molar-refractivity contribution >= 4 is 51.2 Å². The van der Waals surface area contributed by atoms with Crippen molar-refractivity contribution in [1.29, 1.82) is 10.8 Å². The summed E-state index contributed by atoms with van der Waals surface area (Å²) in [6, 6.07) is 6.73. The van der Waals surface area contributed by atoms with Crippen molar-refractivity contribution in [3.8, 4) is 0 Å². The van der Waals surface area contributed by atoms with Crippen LogP contribution in [-0.2, 0) is 9.53 Å². The fourth-order valence-corrected chi connectivity index (χ4v) is 5.66. The fraction of sp³-hybridized carbons (Fsp3) is 0.440. The van der Waals surface area contributed by atoms with E-state index in [0.29, 0.717) is 11.6 Å². The molecule has 1 aromatic heterocycles. The van der Waals surface area contributed by atoms with E-state index in [1.165, 1.54) is 0 Å². The maximum atomic E-state index is 12.9. The maximum absolute atomic E-state index is 12.9. The first-order valence-corrected chi connectivity index (χ1v) is 12.9. The molecule has 0 aliphatic carbocycles. The number of fused-ring (bicyclic) bond motifs is 1. The van der Waals surface area contributed by atoms with Gasteiger partial charge in [-0.15, -0.1) is 11.3 Å². The number of aliphatic imine (C=N–C) groups is 1. The molecule has 8 nitrogen and oxygen atoms in total. The van der Waals surface area contributed by atoms with Gasteiger partial charge in [-0.1, -0.05) is 23.7 Å². The molecule has 2 aliphatic rings. The minimum Gasteiger partial charge on any atom is -0.379 e. The van der Waals surface area contributed by atoms with Gasteiger partial charge in [-0.3, -0.25) is 30.4 Å². The summed E-state index contributed by atoms with van der Waals surface area (Å²) in [7, 11) is 0. The van der Waals surface area contributed by atoms with Gasteiger partial charge in [0.2, 0.25) is 5.91 Å². The van der Waals surface area contributed by atoms with Crippen LogP contribution in [0.1, 0.15) is 34.9 Å². The average Bonchev–Trinajstić information content (AvgIpc) is 3.04. The third kappa shape index (κ3) is 5.64. The molecule has 0 unspecified atom stereocenters. The number of benzene rings is 1. The molecule has 10 heteroatoms. The zero-order valence-electron chi connectivity index (χ0n) is 20.3. The fourth-order valence-electron chi connectivity index (χ4n) is 4.31. The van der Waals surface area contributed by atoms with E-state index >= 15 is 0 Å². The van der Waals surface area contributed by atoms with E-state index in [9.17, 15) is 4.79 Å². The van der Waals surface area contributed by atoms with Crippen LogP contribution in [0, 0.1) is 24.7 Å². The standard InChI is InChI=1S/C25H31ClN6O2S/c1-15-16(2)35-25-22(15)23(18-4-6-19(26)7-5-18)30-20(24(28)32(25)17(3)27)14-21(33)29-8-9-31-10-12-34-13-11-31/h4-7,20,27-28H,8-14H2,1-3H3,(H,29,33)/t20-/m0/s1. The number of carbonyl (C=O) groups excluding carboxylic acids is 1. The van der Waals surface area contributed by atoms with Crippen LogP contribution >= 0.6 is 22.9 Å². The molecule has 1 saturated heterocycles. The predicted octanol–water partition coefficient (Wildman–Crippen LogP) is 3.86. The number of anilines is 1. The topological polar surface area (TPSA) is 105 Å². The van der Waals surface area contributed by atoms with Crippen LogP contribution in [-0.4, -0.2) is 73.6 Å². The Morgan fingerprint density at radius 3 is 2.60 bits per heavy atom. The number of ether oxygens (including phenoxy) is 1. The van der Waals surface area contributed by atoms with Gasteiger partial charge in [-0.05, 0) is 38.5 Å². The van der Waals surface area contributed by atoms with Gasteiger partial charge >= 0.3 is 0 Å². The Balaban J connectivity index is 1.63. The average molecular weight is 515 g/mol. The molecular formula is C25H31ClN6O2S. The second-order valence-electron chi connectivity index (χ2n) is 8.78. The van der Waals surface area contributed by atoms with E-state index in [1.54, 1.807) is 23.2 Å². The molecule has 35 heavy (non-hydrogen) atoms. The lowest BCUT2D eigenvalue weighted by Gasteiger charge is -2.27. The molecule has 1 aromatic carbocycles. The van der Waals surface area contributed by atoms with Crippen LogP contribution in [0.5, 0.6) is 0 Å². The lowest BCUT2D eigenvalue weighted by molar-refractivity contribution is -0.121. The van der Waals surface area contributed by atoms with Gasteiger partial charge in [0, 0.05) is 47.2 Å². The van der Waals surface area contributed by atoms with Crippen molar-refractivity contribution < 1.29 is 9.53 Å². The molecular weight excluding hydrogens is 484 g/mol. The monoisotopic (exact) mass is 514 g/mol. The van der Waals surface area contributed by atoms with Gasteiger partial charge in [0.1, 0.15) is 22.7 Å². The Kier molecular flexibility index (Phi) is 8.01. The van der Waals surface area contributed by atoms with E-state index in [1.807, 2.05) is 38.1 Å². The number of amidine groups is 2. The number of carbonyl (C=O) groups is 1. The lowest BCUT2D eigenvalue weighted by atomic mass is 9.99. The summed E-state index contributed by atoms with van der Waals surface area (Å²) in [5.74, 6) is 0.197. The van der Waals surface area contributed by atoms with Crippen LogP contribution in [0.4, 0.5) is 5.00 Å². The number of hydrogen-bond acceptors (Lipinski definition) is 7. The normalized spacial score (nSPS) is 18.6. The number of thiophene rings is 1. The number of nitrogens with zero attached hydrogens (tertiary/aromatic N) is 3. The third-order valence-electron chi connectivity index (χ3n) is 6.33. The SMILES string of the molecule is CC(=N)N1C(=N)[C@H](CC(=O)NCCN2CCOCC2)N=C(c2ccc(Cl)cc2)c2c1sc(C)c2C. The van der Waals surface area contributed by atoms with E-state index in [0.717, 1.165) is 65.1 Å². The molecule has 1 amide bonds. The second-order valence-corrected chi connectivity index (χ2v) is 10.4. The summed E-state index contributed by atoms with van der Waals surface area (Å²) >= 11 is 7.68. The molecule has 0 bridgehead atoms. The Morgan fingerprint density at radius 1 is 1.26 bits per heavy atom. The van der Waals surface area contributed by atoms with Crippen molar-refractivity contribution in [1.82, 2.24) is 10.2 Å². The lowest BCUT2D eigenvalue weighted by Crippen LogP contribution is -2.44. The Bertz CT molecular complexity index is 1150. The minimum absolute atomic E-state index is 0.0375. The van der Waals surface area contributed by atoms with E-state index in [2.05, 4.69) is 10.2 Å². The van der Waals surface area contributed by atoms with Gasteiger partial charge in [0.25, 0.3) is 0 Å². The van der Waals surface area contributed by atoms with Crippen LogP contribution in [0.25, 0.3) is 0 Å². The first kappa shape index (κ1) is 25.5. The third-order valence-corrected chi connectivity index (χ3v) is 7.78. The summed E-state index contributed by atoms with van der Waals surface area (Å²) in [6.45, 7) is 10.2. The molecule has 1 fully saturated rings. The van der Waals surface area contributed by atoms with E-state index in [-0.39, 0.29) is 24.0 Å². The Morgan fingerprint density at radius 2 is 1.94 bits per heavy atom. The van der Waals surface area contributed by atoms with Crippen LogP contribution in [0.15, 0.2) is 29.3 Å². The van der Waals surface area contributed by atoms with Crippen LogP contribution in [0.3, 0.4) is 0 Å². The van der Waals surface area contributed by atoms with Crippen molar-refractivity contribution in [3.05, 3.63) is 50.9 Å². The van der Waals surface area contributed by atoms with Crippen LogP contribution < -0.4 is 10.2 Å². The second kappa shape index (κ2) is 11.0. The number of rotatable bonds is 6. The highest BCUT2D eigenvalue weighted by molar-refractivity contribution is 7.17. The van der Waals surface area contributed by atoms with Gasteiger partial charge in [0.15, 0.2) is 0 Å². The van der Waals surface area contributed by atoms with Crippen LogP contribution in [0.2, 0.25) is 5.02 Å². The number of nitrogens with one attached hydrogen (secondary N) is 3. The largest absolute Gasteiger partial charge is 0.379 e. The number of hydrogen-bond donors (Lipinski definition) is 3. The molecule has 0 saturated carbocycles. The molecule has 2 aromatic rings. The maximum Gasteiger partial charge on any atom is 0.222 e. The van der Waals surface area contributed by atoms with Crippen molar-refractivity contribution in [3.63, 3.8) is 0 Å². The van der Waals surface area contributed by atoms with Crippen molar-refractivity contribution in [2.24, 2.45) is 4.99 Å². The quantitative estimate of drug-likeness (QED) is 0.402. The molecule has 0 spiro atoms. The van der Waals surface area contributed by atoms with Gasteiger partial charge < -0.3 is 10.1 Å². The number of halogens is 1. The predicted molar refractivity (Wildman–Crippen MR) is 143 cm³/mol. The highest BCUT2D eigenvalue weighted by atomic mass is 35.5. The number of morpholine rings is 1. The highest BCUT2D eigenvalue weighted by Crippen LogP contribution is 2.40.